The van der Waals surface area contributed by atoms with E-state index in [2.05, 4.69) is 45.7 Å². The number of hydrogen-bond donors (Lipinski definition) is 1. The quantitative estimate of drug-likeness (QED) is 0.573. The Labute approximate surface area is 139 Å². The maximum atomic E-state index is 14.5. The molecule has 0 radical (unpaired) electrons. The summed E-state index contributed by atoms with van der Waals surface area (Å²) in [5.41, 5.74) is 0.701. The summed E-state index contributed by atoms with van der Waals surface area (Å²) in [7, 11) is 0. The molecule has 1 N–H and O–H groups in total. The van der Waals surface area contributed by atoms with Crippen molar-refractivity contribution >= 4 is 48.0 Å². The Kier molecular flexibility index (Phi) is 4.74. The Bertz CT molecular complexity index is 721. The lowest BCUT2D eigenvalue weighted by Crippen LogP contribution is -2.23. The molecule has 5 heteroatoms. The summed E-state index contributed by atoms with van der Waals surface area (Å²) in [5.74, 6) is -0.178. The van der Waals surface area contributed by atoms with Gasteiger partial charge < -0.3 is 5.32 Å². The van der Waals surface area contributed by atoms with Crippen molar-refractivity contribution in [3.8, 4) is 0 Å². The topological polar surface area (TPSA) is 12.0 Å². The van der Waals surface area contributed by atoms with Gasteiger partial charge in [0.15, 0.2) is 0 Å². The van der Waals surface area contributed by atoms with Crippen LogP contribution in [0.2, 0.25) is 0 Å². The normalized spacial score (nSPS) is 12.9. The van der Waals surface area contributed by atoms with Crippen LogP contribution in [-0.4, -0.2) is 6.54 Å². The van der Waals surface area contributed by atoms with E-state index in [1.165, 1.54) is 14.3 Å². The van der Waals surface area contributed by atoms with Gasteiger partial charge >= 0.3 is 0 Å². The van der Waals surface area contributed by atoms with E-state index in [4.69, 9.17) is 0 Å². The molecule has 110 valence electrons. The molecule has 2 heterocycles. The lowest BCUT2D eigenvalue weighted by molar-refractivity contribution is 0.547. The predicted octanol–water partition coefficient (Wildman–Crippen LogP) is 5.95. The first-order valence-corrected chi connectivity index (χ1v) is 9.34. The molecule has 2 aromatic heterocycles. The highest BCUT2D eigenvalue weighted by Crippen LogP contribution is 2.37. The van der Waals surface area contributed by atoms with Gasteiger partial charge in [0, 0.05) is 19.8 Å². The van der Waals surface area contributed by atoms with Crippen LogP contribution in [0.15, 0.2) is 40.2 Å². The molecule has 1 aromatic carbocycles. The first-order chi connectivity index (χ1) is 10.2. The molecule has 3 rings (SSSR count). The molecular weight excluding hydrogens is 369 g/mol. The fourth-order valence-electron chi connectivity index (χ4n) is 2.32. The molecule has 0 bridgehead atoms. The van der Waals surface area contributed by atoms with E-state index in [9.17, 15) is 4.39 Å². The Balaban J connectivity index is 2.04. The summed E-state index contributed by atoms with van der Waals surface area (Å²) in [4.78, 5) is 1.17. The fraction of sp³-hybridized carbons (Fsp3) is 0.250. The van der Waals surface area contributed by atoms with Crippen LogP contribution >= 0.6 is 38.6 Å². The maximum absolute atomic E-state index is 14.5. The van der Waals surface area contributed by atoms with Crippen LogP contribution in [-0.2, 0) is 0 Å². The fourth-order valence-corrected chi connectivity index (χ4v) is 4.92. The van der Waals surface area contributed by atoms with Crippen LogP contribution in [0.4, 0.5) is 4.39 Å². The van der Waals surface area contributed by atoms with Gasteiger partial charge in [-0.3, -0.25) is 0 Å². The van der Waals surface area contributed by atoms with Gasteiger partial charge in [0.05, 0.1) is 10.5 Å². The Morgan fingerprint density at radius 3 is 2.90 bits per heavy atom. The predicted molar refractivity (Wildman–Crippen MR) is 93.9 cm³/mol. The van der Waals surface area contributed by atoms with E-state index in [1.807, 2.05) is 12.1 Å². The van der Waals surface area contributed by atoms with Crippen molar-refractivity contribution in [1.29, 1.82) is 0 Å². The van der Waals surface area contributed by atoms with E-state index in [-0.39, 0.29) is 11.9 Å². The minimum Gasteiger partial charge on any atom is -0.306 e. The van der Waals surface area contributed by atoms with Crippen LogP contribution < -0.4 is 5.32 Å². The van der Waals surface area contributed by atoms with Crippen LogP contribution in [0.1, 0.15) is 29.8 Å². The van der Waals surface area contributed by atoms with Gasteiger partial charge in [0.25, 0.3) is 0 Å². The number of halogens is 2. The molecule has 3 aromatic rings. The number of fused-ring (bicyclic) bond motifs is 1. The zero-order valence-corrected chi connectivity index (χ0v) is 14.7. The molecule has 0 amide bonds. The number of thiophene rings is 2. The minimum atomic E-state index is -0.178. The van der Waals surface area contributed by atoms with Gasteiger partial charge in [-0.05, 0) is 52.5 Å². The lowest BCUT2D eigenvalue weighted by Gasteiger charge is -2.18. The highest BCUT2D eigenvalue weighted by molar-refractivity contribution is 9.10. The van der Waals surface area contributed by atoms with Crippen LogP contribution in [0.5, 0.6) is 0 Å². The largest absolute Gasteiger partial charge is 0.306 e. The molecule has 0 aliphatic heterocycles. The van der Waals surface area contributed by atoms with Crippen molar-refractivity contribution in [2.24, 2.45) is 0 Å². The molecule has 0 saturated carbocycles. The zero-order chi connectivity index (χ0) is 14.8. The van der Waals surface area contributed by atoms with Gasteiger partial charge in [0.2, 0.25) is 0 Å². The van der Waals surface area contributed by atoms with Crippen molar-refractivity contribution in [3.05, 3.63) is 56.4 Å². The molecule has 21 heavy (non-hydrogen) atoms. The van der Waals surface area contributed by atoms with Gasteiger partial charge in [0.1, 0.15) is 5.82 Å². The monoisotopic (exact) mass is 383 g/mol. The SMILES string of the molecule is CCCNC(c1cc2sccc2s1)c1cccc(Br)c1F. The molecule has 1 atom stereocenters. The summed E-state index contributed by atoms with van der Waals surface area (Å²) in [6, 6.07) is 9.70. The van der Waals surface area contributed by atoms with E-state index in [0.29, 0.717) is 10.0 Å². The van der Waals surface area contributed by atoms with E-state index >= 15 is 0 Å². The van der Waals surface area contributed by atoms with Crippen molar-refractivity contribution in [2.75, 3.05) is 6.54 Å². The lowest BCUT2D eigenvalue weighted by atomic mass is 10.0. The maximum Gasteiger partial charge on any atom is 0.142 e. The second-order valence-electron chi connectivity index (χ2n) is 4.83. The van der Waals surface area contributed by atoms with Gasteiger partial charge in [-0.1, -0.05) is 19.1 Å². The minimum absolute atomic E-state index is 0.0907. The van der Waals surface area contributed by atoms with Crippen molar-refractivity contribution < 1.29 is 4.39 Å². The van der Waals surface area contributed by atoms with Crippen molar-refractivity contribution in [2.45, 2.75) is 19.4 Å². The average molecular weight is 384 g/mol. The molecule has 0 fully saturated rings. The molecule has 0 aliphatic rings. The van der Waals surface area contributed by atoms with Crippen molar-refractivity contribution in [1.82, 2.24) is 5.32 Å². The number of hydrogen-bond acceptors (Lipinski definition) is 3. The van der Waals surface area contributed by atoms with Gasteiger partial charge in [-0.2, -0.15) is 0 Å². The Morgan fingerprint density at radius 1 is 1.29 bits per heavy atom. The van der Waals surface area contributed by atoms with Gasteiger partial charge in [-0.25, -0.2) is 4.39 Å². The second kappa shape index (κ2) is 6.57. The van der Waals surface area contributed by atoms with Crippen LogP contribution in [0.25, 0.3) is 9.40 Å². The molecule has 0 spiro atoms. The first-order valence-electron chi connectivity index (χ1n) is 6.85. The Morgan fingerprint density at radius 2 is 2.14 bits per heavy atom. The third-order valence-corrected chi connectivity index (χ3v) is 6.10. The van der Waals surface area contributed by atoms with Crippen LogP contribution in [0, 0.1) is 5.82 Å². The summed E-state index contributed by atoms with van der Waals surface area (Å²) in [6.45, 7) is 2.98. The highest BCUT2D eigenvalue weighted by Gasteiger charge is 2.21. The smallest absolute Gasteiger partial charge is 0.142 e. The molecule has 0 saturated heterocycles. The molecular formula is C16H15BrFNS2. The first kappa shape index (κ1) is 15.2. The van der Waals surface area contributed by atoms with Gasteiger partial charge in [-0.15, -0.1) is 22.7 Å². The third-order valence-electron chi connectivity index (χ3n) is 3.33. The number of rotatable bonds is 5. The summed E-state index contributed by atoms with van der Waals surface area (Å²) in [5, 5.41) is 5.57. The number of nitrogens with one attached hydrogen (secondary N) is 1. The summed E-state index contributed by atoms with van der Waals surface area (Å²) in [6.07, 6.45) is 1.02. The highest BCUT2D eigenvalue weighted by atomic mass is 79.9. The van der Waals surface area contributed by atoms with E-state index in [1.54, 1.807) is 28.7 Å². The van der Waals surface area contributed by atoms with E-state index < -0.39 is 0 Å². The third kappa shape index (κ3) is 3.06. The standard InChI is InChI=1S/C16H15BrFNS2/c1-2-7-19-16(10-4-3-5-11(17)15(10)18)14-9-13-12(21-14)6-8-20-13/h3-6,8-9,16,19H,2,7H2,1H3. The average Bonchev–Trinajstić information content (AvgIpc) is 3.05. The van der Waals surface area contributed by atoms with E-state index in [0.717, 1.165) is 13.0 Å². The molecule has 0 aliphatic carbocycles. The molecule has 1 nitrogen and oxygen atoms in total. The second-order valence-corrected chi connectivity index (χ2v) is 7.75. The van der Waals surface area contributed by atoms with Crippen LogP contribution in [0.3, 0.4) is 0 Å². The zero-order valence-electron chi connectivity index (χ0n) is 11.5. The molecule has 1 unspecified atom stereocenters. The summed E-state index contributed by atoms with van der Waals surface area (Å²) >= 11 is 6.75. The summed E-state index contributed by atoms with van der Waals surface area (Å²) < 4.78 is 17.5. The Hall–Kier alpha value is -0.750. The van der Waals surface area contributed by atoms with Crippen molar-refractivity contribution in [3.63, 3.8) is 0 Å². The number of benzene rings is 1.